The SMILES string of the molecule is O=C(c1ccc(-c2cccs2)s1)N1CCN(c2ncccc2C(F)(F)F)CC1. The molecule has 4 heterocycles. The average Bonchev–Trinajstić information content (AvgIpc) is 3.38. The summed E-state index contributed by atoms with van der Waals surface area (Å²) in [4.78, 5) is 22.8. The molecule has 1 fully saturated rings. The van der Waals surface area contributed by atoms with E-state index in [0.29, 0.717) is 31.1 Å². The van der Waals surface area contributed by atoms with Crippen molar-refractivity contribution < 1.29 is 18.0 Å². The van der Waals surface area contributed by atoms with Crippen molar-refractivity contribution in [1.29, 1.82) is 0 Å². The van der Waals surface area contributed by atoms with Gasteiger partial charge in [0.2, 0.25) is 0 Å². The van der Waals surface area contributed by atoms with Crippen LogP contribution in [0.1, 0.15) is 15.2 Å². The normalized spacial score (nSPS) is 15.1. The first kappa shape index (κ1) is 18.9. The summed E-state index contributed by atoms with van der Waals surface area (Å²) in [5.41, 5.74) is -0.742. The average molecular weight is 423 g/mol. The van der Waals surface area contributed by atoms with Crippen molar-refractivity contribution in [2.24, 2.45) is 0 Å². The molecule has 4 nitrogen and oxygen atoms in total. The van der Waals surface area contributed by atoms with E-state index in [1.807, 2.05) is 29.6 Å². The van der Waals surface area contributed by atoms with Gasteiger partial charge in [0, 0.05) is 42.1 Å². The summed E-state index contributed by atoms with van der Waals surface area (Å²) in [7, 11) is 0. The van der Waals surface area contributed by atoms with Crippen LogP contribution in [-0.2, 0) is 6.18 Å². The minimum Gasteiger partial charge on any atom is -0.353 e. The Balaban J connectivity index is 1.44. The van der Waals surface area contributed by atoms with Crippen LogP contribution in [0.2, 0.25) is 0 Å². The molecule has 0 aliphatic carbocycles. The van der Waals surface area contributed by atoms with Gasteiger partial charge in [-0.05, 0) is 35.7 Å². The topological polar surface area (TPSA) is 36.4 Å². The number of aromatic nitrogens is 1. The smallest absolute Gasteiger partial charge is 0.353 e. The van der Waals surface area contributed by atoms with Crippen molar-refractivity contribution in [3.63, 3.8) is 0 Å². The number of carbonyl (C=O) groups excluding carboxylic acids is 1. The molecule has 0 radical (unpaired) electrons. The molecule has 0 unspecified atom stereocenters. The number of halogens is 3. The first-order valence-electron chi connectivity index (χ1n) is 8.63. The molecule has 28 heavy (non-hydrogen) atoms. The van der Waals surface area contributed by atoms with E-state index in [0.717, 1.165) is 15.8 Å². The Bertz CT molecular complexity index is 961. The minimum atomic E-state index is -4.45. The summed E-state index contributed by atoms with van der Waals surface area (Å²) in [6, 6.07) is 10.0. The zero-order valence-electron chi connectivity index (χ0n) is 14.6. The van der Waals surface area contributed by atoms with Gasteiger partial charge in [0.15, 0.2) is 0 Å². The highest BCUT2D eigenvalue weighted by atomic mass is 32.1. The van der Waals surface area contributed by atoms with Crippen LogP contribution in [0.3, 0.4) is 0 Å². The van der Waals surface area contributed by atoms with Gasteiger partial charge in [-0.25, -0.2) is 4.98 Å². The molecule has 3 aromatic heterocycles. The van der Waals surface area contributed by atoms with E-state index in [1.165, 1.54) is 23.6 Å². The van der Waals surface area contributed by atoms with Crippen molar-refractivity contribution in [1.82, 2.24) is 9.88 Å². The van der Waals surface area contributed by atoms with E-state index in [1.54, 1.807) is 21.1 Å². The lowest BCUT2D eigenvalue weighted by Crippen LogP contribution is -2.49. The maximum Gasteiger partial charge on any atom is 0.419 e. The number of hydrogen-bond donors (Lipinski definition) is 0. The number of thiophene rings is 2. The second-order valence-corrected chi connectivity index (χ2v) is 8.32. The highest BCUT2D eigenvalue weighted by molar-refractivity contribution is 7.22. The van der Waals surface area contributed by atoms with Crippen molar-refractivity contribution in [2.45, 2.75) is 6.18 Å². The zero-order valence-corrected chi connectivity index (χ0v) is 16.3. The number of pyridine rings is 1. The summed E-state index contributed by atoms with van der Waals surface area (Å²) in [5, 5.41) is 1.99. The highest BCUT2D eigenvalue weighted by Gasteiger charge is 2.36. The number of nitrogens with zero attached hydrogens (tertiary/aromatic N) is 3. The third-order valence-corrected chi connectivity index (χ3v) is 6.68. The van der Waals surface area contributed by atoms with Crippen LogP contribution in [0, 0.1) is 0 Å². The highest BCUT2D eigenvalue weighted by Crippen LogP contribution is 2.36. The molecule has 0 atom stereocenters. The number of rotatable bonds is 3. The van der Waals surface area contributed by atoms with Crippen molar-refractivity contribution in [2.75, 3.05) is 31.1 Å². The van der Waals surface area contributed by atoms with Crippen LogP contribution in [0.4, 0.5) is 19.0 Å². The van der Waals surface area contributed by atoms with Crippen molar-refractivity contribution >= 4 is 34.4 Å². The van der Waals surface area contributed by atoms with Gasteiger partial charge in [0.05, 0.1) is 10.4 Å². The summed E-state index contributed by atoms with van der Waals surface area (Å²) < 4.78 is 39.7. The van der Waals surface area contributed by atoms with Crippen LogP contribution in [0.15, 0.2) is 48.0 Å². The van der Waals surface area contributed by atoms with Crippen LogP contribution in [0.25, 0.3) is 9.75 Å². The Hall–Kier alpha value is -2.39. The standard InChI is InChI=1S/C19H16F3N3OS2/c20-19(21,22)13-3-1-7-23-17(13)24-8-10-25(11-9-24)18(26)16-6-5-15(28-16)14-4-2-12-27-14/h1-7,12H,8-11H2. The van der Waals surface area contributed by atoms with Crippen molar-refractivity contribution in [3.05, 3.63) is 58.4 Å². The molecule has 3 aromatic rings. The Labute approximate surface area is 167 Å². The largest absolute Gasteiger partial charge is 0.419 e. The fourth-order valence-electron chi connectivity index (χ4n) is 3.15. The van der Waals surface area contributed by atoms with Gasteiger partial charge in [-0.15, -0.1) is 22.7 Å². The third-order valence-electron chi connectivity index (χ3n) is 4.54. The van der Waals surface area contributed by atoms with Gasteiger partial charge in [-0.3, -0.25) is 4.79 Å². The second kappa shape index (κ2) is 7.56. The Morgan fingerprint density at radius 3 is 2.46 bits per heavy atom. The fraction of sp³-hybridized carbons (Fsp3) is 0.263. The fourth-order valence-corrected chi connectivity index (χ4v) is 4.96. The Morgan fingerprint density at radius 2 is 1.79 bits per heavy atom. The molecular weight excluding hydrogens is 407 g/mol. The van der Waals surface area contributed by atoms with Crippen LogP contribution >= 0.6 is 22.7 Å². The molecule has 1 aliphatic heterocycles. The number of carbonyl (C=O) groups is 1. The number of amides is 1. The lowest BCUT2D eigenvalue weighted by Gasteiger charge is -2.36. The molecule has 0 N–H and O–H groups in total. The van der Waals surface area contributed by atoms with E-state index < -0.39 is 11.7 Å². The Morgan fingerprint density at radius 1 is 1.00 bits per heavy atom. The van der Waals surface area contributed by atoms with Gasteiger partial charge in [-0.1, -0.05) is 6.07 Å². The molecule has 4 rings (SSSR count). The van der Waals surface area contributed by atoms with Gasteiger partial charge in [0.1, 0.15) is 5.82 Å². The van der Waals surface area contributed by atoms with Crippen LogP contribution in [-0.4, -0.2) is 42.0 Å². The predicted molar refractivity (Wildman–Crippen MR) is 105 cm³/mol. The quantitative estimate of drug-likeness (QED) is 0.604. The van der Waals surface area contributed by atoms with E-state index in [-0.39, 0.29) is 11.7 Å². The van der Waals surface area contributed by atoms with E-state index in [4.69, 9.17) is 0 Å². The second-order valence-electron chi connectivity index (χ2n) is 6.29. The summed E-state index contributed by atoms with van der Waals surface area (Å²) >= 11 is 3.06. The number of piperazine rings is 1. The first-order chi connectivity index (χ1) is 13.4. The predicted octanol–water partition coefficient (Wildman–Crippen LogP) is 4.85. The molecule has 146 valence electrons. The van der Waals surface area contributed by atoms with E-state index >= 15 is 0 Å². The monoisotopic (exact) mass is 423 g/mol. The van der Waals surface area contributed by atoms with Gasteiger partial charge in [0.25, 0.3) is 5.91 Å². The molecule has 1 aliphatic rings. The molecule has 0 bridgehead atoms. The molecule has 0 spiro atoms. The van der Waals surface area contributed by atoms with E-state index in [9.17, 15) is 18.0 Å². The van der Waals surface area contributed by atoms with Crippen LogP contribution < -0.4 is 4.90 Å². The lowest BCUT2D eigenvalue weighted by atomic mass is 10.2. The van der Waals surface area contributed by atoms with Gasteiger partial charge in [-0.2, -0.15) is 13.2 Å². The molecular formula is C19H16F3N3OS2. The van der Waals surface area contributed by atoms with Gasteiger partial charge >= 0.3 is 6.18 Å². The minimum absolute atomic E-state index is 0.0711. The Kier molecular flexibility index (Phi) is 5.11. The zero-order chi connectivity index (χ0) is 19.7. The lowest BCUT2D eigenvalue weighted by molar-refractivity contribution is -0.137. The first-order valence-corrected chi connectivity index (χ1v) is 10.3. The molecule has 0 aromatic carbocycles. The number of alkyl halides is 3. The third kappa shape index (κ3) is 3.77. The van der Waals surface area contributed by atoms with Crippen molar-refractivity contribution in [3.8, 4) is 9.75 Å². The molecule has 1 amide bonds. The summed E-state index contributed by atoms with van der Waals surface area (Å²) in [6.07, 6.45) is -3.09. The molecule has 9 heteroatoms. The summed E-state index contributed by atoms with van der Waals surface area (Å²) in [5.74, 6) is -0.150. The molecule has 1 saturated heterocycles. The maximum atomic E-state index is 13.2. The number of anilines is 1. The van der Waals surface area contributed by atoms with Crippen LogP contribution in [0.5, 0.6) is 0 Å². The molecule has 0 saturated carbocycles. The number of hydrogen-bond acceptors (Lipinski definition) is 5. The maximum absolute atomic E-state index is 13.2. The summed E-state index contributed by atoms with van der Waals surface area (Å²) in [6.45, 7) is 1.35. The van der Waals surface area contributed by atoms with E-state index in [2.05, 4.69) is 4.98 Å². The van der Waals surface area contributed by atoms with Gasteiger partial charge < -0.3 is 9.80 Å².